The molecule has 0 bridgehead atoms. The summed E-state index contributed by atoms with van der Waals surface area (Å²) in [5.41, 5.74) is 3.42. The van der Waals surface area contributed by atoms with E-state index in [9.17, 15) is 0 Å². The lowest BCUT2D eigenvalue weighted by Crippen LogP contribution is -2.18. The number of anilines is 2. The molecule has 0 spiro atoms. The van der Waals surface area contributed by atoms with Gasteiger partial charge in [-0.2, -0.15) is 4.98 Å². The second-order valence-electron chi connectivity index (χ2n) is 5.45. The summed E-state index contributed by atoms with van der Waals surface area (Å²) in [4.78, 5) is 8.81. The van der Waals surface area contributed by atoms with Crippen LogP contribution >= 0.6 is 0 Å². The van der Waals surface area contributed by atoms with E-state index in [-0.39, 0.29) is 0 Å². The topological polar surface area (TPSA) is 75.9 Å². The molecule has 0 saturated heterocycles. The zero-order valence-electron chi connectivity index (χ0n) is 12.9. The van der Waals surface area contributed by atoms with Crippen molar-refractivity contribution in [2.75, 3.05) is 10.7 Å². The molecule has 21 heavy (non-hydrogen) atoms. The van der Waals surface area contributed by atoms with Crippen LogP contribution in [0.4, 0.5) is 11.8 Å². The van der Waals surface area contributed by atoms with Gasteiger partial charge in [-0.15, -0.1) is 0 Å². The molecule has 0 aliphatic rings. The highest BCUT2D eigenvalue weighted by molar-refractivity contribution is 5.90. The molecule has 5 heteroatoms. The predicted molar refractivity (Wildman–Crippen MR) is 89.2 cm³/mol. The second-order valence-corrected chi connectivity index (χ2v) is 5.45. The Morgan fingerprint density at radius 3 is 2.71 bits per heavy atom. The van der Waals surface area contributed by atoms with Gasteiger partial charge in [0.15, 0.2) is 0 Å². The van der Waals surface area contributed by atoms with Gasteiger partial charge < -0.3 is 5.32 Å². The van der Waals surface area contributed by atoms with Crippen LogP contribution in [0.1, 0.15) is 46.0 Å². The van der Waals surface area contributed by atoms with E-state index in [2.05, 4.69) is 34.6 Å². The number of rotatable bonds is 8. The van der Waals surface area contributed by atoms with Gasteiger partial charge >= 0.3 is 0 Å². The van der Waals surface area contributed by atoms with Crippen molar-refractivity contribution in [3.8, 4) is 0 Å². The van der Waals surface area contributed by atoms with E-state index in [0.29, 0.717) is 12.0 Å². The molecule has 0 amide bonds. The first-order valence-electron chi connectivity index (χ1n) is 7.74. The number of nitrogens with zero attached hydrogens (tertiary/aromatic N) is 2. The average Bonchev–Trinajstić information content (AvgIpc) is 2.51. The Morgan fingerprint density at radius 2 is 1.95 bits per heavy atom. The average molecular weight is 287 g/mol. The van der Waals surface area contributed by atoms with Crippen LogP contribution in [0.5, 0.6) is 0 Å². The number of hydrogen-bond acceptors (Lipinski definition) is 5. The van der Waals surface area contributed by atoms with Crippen LogP contribution in [0, 0.1) is 0 Å². The lowest BCUT2D eigenvalue weighted by molar-refractivity contribution is 0.593. The molecule has 2 rings (SSSR count). The number of aromatic nitrogens is 2. The van der Waals surface area contributed by atoms with Crippen molar-refractivity contribution in [3.05, 3.63) is 24.3 Å². The SMILES string of the molecule is CCCCCCC(C)Nc1nc(NN)nc2ccccc12. The van der Waals surface area contributed by atoms with E-state index in [0.717, 1.165) is 23.1 Å². The quantitative estimate of drug-likeness (QED) is 0.392. The number of hydrogen-bond donors (Lipinski definition) is 3. The predicted octanol–water partition coefficient (Wildman–Crippen LogP) is 3.69. The molecule has 1 aromatic heterocycles. The number of nitrogens with two attached hydrogens (primary N) is 1. The first kappa shape index (κ1) is 15.5. The van der Waals surface area contributed by atoms with Crippen molar-refractivity contribution in [1.29, 1.82) is 0 Å². The maximum Gasteiger partial charge on any atom is 0.239 e. The highest BCUT2D eigenvalue weighted by Gasteiger charge is 2.09. The van der Waals surface area contributed by atoms with E-state index in [1.807, 2.05) is 24.3 Å². The number of benzene rings is 1. The van der Waals surface area contributed by atoms with E-state index in [1.165, 1.54) is 25.7 Å². The molecule has 0 radical (unpaired) electrons. The number of para-hydroxylation sites is 1. The Hall–Kier alpha value is -1.88. The number of nitrogens with one attached hydrogen (secondary N) is 2. The molecule has 1 aromatic carbocycles. The number of unbranched alkanes of at least 4 members (excludes halogenated alkanes) is 3. The normalized spacial score (nSPS) is 12.3. The summed E-state index contributed by atoms with van der Waals surface area (Å²) < 4.78 is 0. The maximum atomic E-state index is 5.45. The van der Waals surface area contributed by atoms with Crippen LogP contribution in [-0.4, -0.2) is 16.0 Å². The molecule has 2 aromatic rings. The van der Waals surface area contributed by atoms with Crippen LogP contribution in [0.2, 0.25) is 0 Å². The van der Waals surface area contributed by atoms with Crippen molar-refractivity contribution >= 4 is 22.7 Å². The highest BCUT2D eigenvalue weighted by Crippen LogP contribution is 2.22. The van der Waals surface area contributed by atoms with Gasteiger partial charge in [0.2, 0.25) is 5.95 Å². The Morgan fingerprint density at radius 1 is 1.14 bits per heavy atom. The summed E-state index contributed by atoms with van der Waals surface area (Å²) in [5.74, 6) is 6.73. The fraction of sp³-hybridized carbons (Fsp3) is 0.500. The molecular formula is C16H25N5. The molecule has 1 unspecified atom stereocenters. The van der Waals surface area contributed by atoms with Crippen LogP contribution in [0.15, 0.2) is 24.3 Å². The smallest absolute Gasteiger partial charge is 0.239 e. The number of hydrazine groups is 1. The maximum absolute atomic E-state index is 5.45. The minimum absolute atomic E-state index is 0.380. The van der Waals surface area contributed by atoms with Gasteiger partial charge in [0.25, 0.3) is 0 Å². The van der Waals surface area contributed by atoms with Crippen molar-refractivity contribution < 1.29 is 0 Å². The highest BCUT2D eigenvalue weighted by atomic mass is 15.3. The standard InChI is InChI=1S/C16H25N5/c1-3-4-5-6-9-12(2)18-15-13-10-7-8-11-14(13)19-16(20-15)21-17/h7-8,10-12H,3-6,9,17H2,1-2H3,(H2,18,19,20,21). The molecular weight excluding hydrogens is 262 g/mol. The van der Waals surface area contributed by atoms with Gasteiger partial charge in [-0.25, -0.2) is 10.8 Å². The third kappa shape index (κ3) is 4.29. The molecule has 0 aliphatic heterocycles. The Bertz CT molecular complexity index is 570. The minimum atomic E-state index is 0.380. The van der Waals surface area contributed by atoms with Crippen molar-refractivity contribution in [2.24, 2.45) is 5.84 Å². The monoisotopic (exact) mass is 287 g/mol. The molecule has 0 saturated carbocycles. The van der Waals surface area contributed by atoms with Crippen LogP contribution < -0.4 is 16.6 Å². The lowest BCUT2D eigenvalue weighted by atomic mass is 10.1. The third-order valence-electron chi connectivity index (χ3n) is 3.61. The van der Waals surface area contributed by atoms with Gasteiger partial charge in [-0.05, 0) is 25.5 Å². The van der Waals surface area contributed by atoms with Gasteiger partial charge in [0.1, 0.15) is 5.82 Å². The Labute approximate surface area is 126 Å². The summed E-state index contributed by atoms with van der Waals surface area (Å²) in [6, 6.07) is 8.34. The van der Waals surface area contributed by atoms with Crippen molar-refractivity contribution in [1.82, 2.24) is 9.97 Å². The fourth-order valence-corrected chi connectivity index (χ4v) is 2.43. The van der Waals surface area contributed by atoms with E-state index in [1.54, 1.807) is 0 Å². The molecule has 114 valence electrons. The summed E-state index contributed by atoms with van der Waals surface area (Å²) in [6.45, 7) is 4.43. The second kappa shape index (κ2) is 7.78. The number of fused-ring (bicyclic) bond motifs is 1. The van der Waals surface area contributed by atoms with Crippen molar-refractivity contribution in [2.45, 2.75) is 52.0 Å². The zero-order chi connectivity index (χ0) is 15.1. The summed E-state index contributed by atoms with van der Waals surface area (Å²) in [5, 5.41) is 4.51. The molecule has 0 aliphatic carbocycles. The largest absolute Gasteiger partial charge is 0.367 e. The lowest BCUT2D eigenvalue weighted by Gasteiger charge is -2.16. The van der Waals surface area contributed by atoms with Crippen LogP contribution in [0.25, 0.3) is 10.9 Å². The third-order valence-corrected chi connectivity index (χ3v) is 3.61. The van der Waals surface area contributed by atoms with E-state index < -0.39 is 0 Å². The van der Waals surface area contributed by atoms with Gasteiger partial charge in [-0.1, -0.05) is 44.7 Å². The minimum Gasteiger partial charge on any atom is -0.367 e. The van der Waals surface area contributed by atoms with Gasteiger partial charge in [-0.3, -0.25) is 5.43 Å². The molecule has 1 atom stereocenters. The zero-order valence-corrected chi connectivity index (χ0v) is 12.9. The molecule has 0 fully saturated rings. The Kier molecular flexibility index (Phi) is 5.75. The number of nitrogen functional groups attached to an aromatic ring is 1. The van der Waals surface area contributed by atoms with E-state index in [4.69, 9.17) is 5.84 Å². The Balaban J connectivity index is 2.09. The molecule has 5 nitrogen and oxygen atoms in total. The van der Waals surface area contributed by atoms with Crippen LogP contribution in [0.3, 0.4) is 0 Å². The summed E-state index contributed by atoms with van der Waals surface area (Å²) in [7, 11) is 0. The van der Waals surface area contributed by atoms with Crippen LogP contribution in [-0.2, 0) is 0 Å². The van der Waals surface area contributed by atoms with E-state index >= 15 is 0 Å². The first-order chi connectivity index (χ1) is 10.2. The summed E-state index contributed by atoms with van der Waals surface area (Å²) in [6.07, 6.45) is 6.26. The van der Waals surface area contributed by atoms with Gasteiger partial charge in [0.05, 0.1) is 5.52 Å². The molecule has 1 heterocycles. The van der Waals surface area contributed by atoms with Crippen molar-refractivity contribution in [3.63, 3.8) is 0 Å². The molecule has 4 N–H and O–H groups in total. The fourth-order valence-electron chi connectivity index (χ4n) is 2.43. The summed E-state index contributed by atoms with van der Waals surface area (Å²) >= 11 is 0. The first-order valence-corrected chi connectivity index (χ1v) is 7.74. The van der Waals surface area contributed by atoms with Gasteiger partial charge in [0, 0.05) is 11.4 Å².